The van der Waals surface area contributed by atoms with Crippen molar-refractivity contribution in [2.45, 2.75) is 35.8 Å². The van der Waals surface area contributed by atoms with Gasteiger partial charge in [0.15, 0.2) is 0 Å². The third-order valence-corrected chi connectivity index (χ3v) is 2.51. The molecule has 0 spiro atoms. The van der Waals surface area contributed by atoms with Gasteiger partial charge in [-0.15, -0.1) is 0 Å². The summed E-state index contributed by atoms with van der Waals surface area (Å²) in [5.74, 6) is -39.7. The molecule has 0 radical (unpaired) electrons. The normalized spacial score (nSPS) is 15.4. The van der Waals surface area contributed by atoms with Crippen molar-refractivity contribution in [1.82, 2.24) is 0 Å². The molecule has 0 fully saturated rings. The van der Waals surface area contributed by atoms with Gasteiger partial charge in [-0.2, -0.15) is 57.1 Å². The van der Waals surface area contributed by atoms with Crippen LogP contribution in [0.25, 0.3) is 0 Å². The van der Waals surface area contributed by atoms with Gasteiger partial charge in [-0.3, -0.25) is 0 Å². The smallest absolute Gasteiger partial charge is 0.460 e. The van der Waals surface area contributed by atoms with Crippen LogP contribution in [-0.4, -0.2) is 60.1 Å². The van der Waals surface area contributed by atoms with Crippen molar-refractivity contribution in [1.29, 1.82) is 0 Å². The van der Waals surface area contributed by atoms with Crippen molar-refractivity contribution < 1.29 is 71.7 Å². The SMILES string of the molecule is O=C(O)COCC(F)(F)C(F)(F)C(F)(F)C(F)(F)C(F)(F)C(F)(F)F. The van der Waals surface area contributed by atoms with Gasteiger partial charge in [0.05, 0.1) is 0 Å². The van der Waals surface area contributed by atoms with Crippen LogP contribution in [-0.2, 0) is 9.53 Å². The van der Waals surface area contributed by atoms with Crippen LogP contribution < -0.4 is 0 Å². The minimum absolute atomic E-state index is 1.81. The fourth-order valence-electron chi connectivity index (χ4n) is 1.16. The Morgan fingerprint density at radius 1 is 0.680 bits per heavy atom. The number of hydrogen-bond acceptors (Lipinski definition) is 2. The zero-order valence-corrected chi connectivity index (χ0v) is 11.1. The Bertz CT molecular complexity index is 495. The van der Waals surface area contributed by atoms with Crippen molar-refractivity contribution in [3.05, 3.63) is 0 Å². The second-order valence-corrected chi connectivity index (χ2v) is 4.39. The predicted octanol–water partition coefficient (Wildman–Crippen LogP) is 3.83. The first kappa shape index (κ1) is 23.5. The number of carboxylic acid groups (broad SMARTS) is 1. The van der Waals surface area contributed by atoms with Crippen LogP contribution in [0.1, 0.15) is 0 Å². The van der Waals surface area contributed by atoms with Crippen LogP contribution >= 0.6 is 0 Å². The van der Waals surface area contributed by atoms with Crippen molar-refractivity contribution in [3.63, 3.8) is 0 Å². The zero-order chi connectivity index (χ0) is 20.7. The van der Waals surface area contributed by atoms with Crippen molar-refractivity contribution in [2.24, 2.45) is 0 Å². The van der Waals surface area contributed by atoms with E-state index in [1.165, 1.54) is 0 Å². The molecular weight excluding hydrogens is 403 g/mol. The first-order chi connectivity index (χ1) is 10.7. The second kappa shape index (κ2) is 6.35. The van der Waals surface area contributed by atoms with Crippen molar-refractivity contribution in [3.8, 4) is 0 Å². The third kappa shape index (κ3) is 3.72. The fourth-order valence-corrected chi connectivity index (χ4v) is 1.16. The number of aliphatic carboxylic acids is 1. The van der Waals surface area contributed by atoms with E-state index in [0.717, 1.165) is 0 Å². The molecule has 25 heavy (non-hydrogen) atoms. The summed E-state index contributed by atoms with van der Waals surface area (Å²) in [5.41, 5.74) is 0. The molecular formula is C9H5F13O3. The first-order valence-electron chi connectivity index (χ1n) is 5.42. The zero-order valence-electron chi connectivity index (χ0n) is 11.1. The quantitative estimate of drug-likeness (QED) is 0.622. The lowest BCUT2D eigenvalue weighted by Gasteiger charge is -2.39. The van der Waals surface area contributed by atoms with Crippen LogP contribution in [0, 0.1) is 0 Å². The molecule has 0 saturated heterocycles. The second-order valence-electron chi connectivity index (χ2n) is 4.39. The molecule has 0 aromatic rings. The van der Waals surface area contributed by atoms with E-state index in [2.05, 4.69) is 4.74 Å². The molecule has 0 rings (SSSR count). The summed E-state index contributed by atoms with van der Waals surface area (Å²) < 4.78 is 167. The lowest BCUT2D eigenvalue weighted by atomic mass is 9.94. The van der Waals surface area contributed by atoms with E-state index in [1.807, 2.05) is 0 Å². The van der Waals surface area contributed by atoms with E-state index in [9.17, 15) is 61.9 Å². The number of carbonyl (C=O) groups is 1. The Morgan fingerprint density at radius 2 is 1.04 bits per heavy atom. The molecule has 0 aromatic carbocycles. The first-order valence-corrected chi connectivity index (χ1v) is 5.42. The highest BCUT2D eigenvalue weighted by Crippen LogP contribution is 2.60. The maximum atomic E-state index is 13.0. The molecule has 1 N–H and O–H groups in total. The van der Waals surface area contributed by atoms with Crippen LogP contribution in [0.15, 0.2) is 0 Å². The van der Waals surface area contributed by atoms with Gasteiger partial charge in [0.25, 0.3) is 0 Å². The summed E-state index contributed by atoms with van der Waals surface area (Å²) in [6.45, 7) is -4.80. The van der Waals surface area contributed by atoms with E-state index in [-0.39, 0.29) is 0 Å². The molecule has 16 heteroatoms. The average molecular weight is 408 g/mol. The molecule has 0 aliphatic rings. The Balaban J connectivity index is 5.90. The molecule has 0 aliphatic heterocycles. The fraction of sp³-hybridized carbons (Fsp3) is 0.889. The summed E-state index contributed by atoms with van der Waals surface area (Å²) in [5, 5.41) is 7.95. The molecule has 0 atom stereocenters. The van der Waals surface area contributed by atoms with Gasteiger partial charge in [0, 0.05) is 0 Å². The standard InChI is InChI=1S/C9H5F13O3/c10-4(11,2-25-1-3(23)24)5(12,13)6(14,15)7(16,17)8(18,19)9(20,21)22/h1-2H2,(H,23,24). The van der Waals surface area contributed by atoms with Crippen molar-refractivity contribution >= 4 is 5.97 Å². The average Bonchev–Trinajstić information content (AvgIpc) is 2.35. The highest BCUT2D eigenvalue weighted by Gasteiger charge is 2.90. The molecule has 0 aliphatic carbocycles. The Hall–Kier alpha value is -1.48. The van der Waals surface area contributed by atoms with Gasteiger partial charge in [-0.25, -0.2) is 4.79 Å². The van der Waals surface area contributed by atoms with Crippen molar-refractivity contribution in [2.75, 3.05) is 13.2 Å². The highest BCUT2D eigenvalue weighted by atomic mass is 19.4. The summed E-state index contributed by atoms with van der Waals surface area (Å²) in [7, 11) is 0. The molecule has 0 heterocycles. The third-order valence-electron chi connectivity index (χ3n) is 2.51. The molecule has 0 unspecified atom stereocenters. The van der Waals surface area contributed by atoms with E-state index in [0.29, 0.717) is 0 Å². The minimum Gasteiger partial charge on any atom is -0.480 e. The van der Waals surface area contributed by atoms with Gasteiger partial charge in [0.1, 0.15) is 13.2 Å². The summed E-state index contributed by atoms with van der Waals surface area (Å²) in [6.07, 6.45) is -7.48. The number of alkyl halides is 13. The molecule has 0 bridgehead atoms. The molecule has 3 nitrogen and oxygen atoms in total. The highest BCUT2D eigenvalue weighted by molar-refractivity contribution is 5.67. The summed E-state index contributed by atoms with van der Waals surface area (Å²) >= 11 is 0. The number of rotatable bonds is 8. The number of halogens is 13. The topological polar surface area (TPSA) is 46.5 Å². The number of carboxylic acids is 1. The Labute approximate surface area is 128 Å². The monoisotopic (exact) mass is 408 g/mol. The molecule has 0 aromatic heterocycles. The maximum absolute atomic E-state index is 13.0. The summed E-state index contributed by atoms with van der Waals surface area (Å²) in [6, 6.07) is 0. The largest absolute Gasteiger partial charge is 0.480 e. The Morgan fingerprint density at radius 3 is 1.36 bits per heavy atom. The Kier molecular flexibility index (Phi) is 5.98. The molecule has 0 amide bonds. The van der Waals surface area contributed by atoms with Gasteiger partial charge < -0.3 is 9.84 Å². The maximum Gasteiger partial charge on any atom is 0.460 e. The number of hydrogen-bond donors (Lipinski definition) is 1. The van der Waals surface area contributed by atoms with Crippen LogP contribution in [0.2, 0.25) is 0 Å². The molecule has 0 saturated carbocycles. The van der Waals surface area contributed by atoms with E-state index >= 15 is 0 Å². The van der Waals surface area contributed by atoms with Crippen LogP contribution in [0.3, 0.4) is 0 Å². The van der Waals surface area contributed by atoms with Gasteiger partial charge in [0.2, 0.25) is 0 Å². The number of ether oxygens (including phenoxy) is 1. The predicted molar refractivity (Wildman–Crippen MR) is 49.2 cm³/mol. The minimum atomic E-state index is -7.99. The lowest BCUT2D eigenvalue weighted by Crippen LogP contribution is -2.70. The van der Waals surface area contributed by atoms with Gasteiger partial charge in [-0.05, 0) is 0 Å². The summed E-state index contributed by atoms with van der Waals surface area (Å²) in [4.78, 5) is 9.88. The van der Waals surface area contributed by atoms with Crippen LogP contribution in [0.5, 0.6) is 0 Å². The van der Waals surface area contributed by atoms with Gasteiger partial charge >= 0.3 is 41.8 Å². The van der Waals surface area contributed by atoms with E-state index in [4.69, 9.17) is 5.11 Å². The van der Waals surface area contributed by atoms with E-state index in [1.54, 1.807) is 0 Å². The van der Waals surface area contributed by atoms with Gasteiger partial charge in [-0.1, -0.05) is 0 Å². The van der Waals surface area contributed by atoms with Crippen LogP contribution in [0.4, 0.5) is 57.1 Å². The molecule has 150 valence electrons. The van der Waals surface area contributed by atoms with E-state index < -0.39 is 55.0 Å². The lowest BCUT2D eigenvalue weighted by molar-refractivity contribution is -0.441.